The van der Waals surface area contributed by atoms with Crippen molar-refractivity contribution in [3.63, 3.8) is 0 Å². The van der Waals surface area contributed by atoms with Gasteiger partial charge < -0.3 is 19.7 Å². The van der Waals surface area contributed by atoms with E-state index in [4.69, 9.17) is 9.47 Å². The molecule has 32 heavy (non-hydrogen) atoms. The van der Waals surface area contributed by atoms with Crippen molar-refractivity contribution in [2.24, 2.45) is 0 Å². The van der Waals surface area contributed by atoms with Crippen LogP contribution in [0.15, 0.2) is 48.5 Å². The third kappa shape index (κ3) is 6.45. The molecule has 1 aliphatic rings. The second-order valence-corrected chi connectivity index (χ2v) is 9.12. The average molecular weight is 443 g/mol. The Morgan fingerprint density at radius 3 is 2.53 bits per heavy atom. The molecule has 0 aliphatic carbocycles. The fourth-order valence-electron chi connectivity index (χ4n) is 3.90. The molecular weight excluding hydrogens is 411 g/mol. The van der Waals surface area contributed by atoms with Crippen molar-refractivity contribution < 1.29 is 23.5 Å². The van der Waals surface area contributed by atoms with Crippen LogP contribution in [-0.2, 0) is 16.1 Å². The lowest BCUT2D eigenvalue weighted by atomic mass is 9.89. The Morgan fingerprint density at radius 2 is 1.88 bits per heavy atom. The van der Waals surface area contributed by atoms with Crippen LogP contribution in [0, 0.1) is 12.7 Å². The van der Waals surface area contributed by atoms with E-state index in [1.54, 1.807) is 11.0 Å². The number of piperidine rings is 1. The lowest BCUT2D eigenvalue weighted by Gasteiger charge is -2.40. The average Bonchev–Trinajstić information content (AvgIpc) is 2.71. The monoisotopic (exact) mass is 442 g/mol. The van der Waals surface area contributed by atoms with Crippen molar-refractivity contribution in [2.75, 3.05) is 6.54 Å². The van der Waals surface area contributed by atoms with Gasteiger partial charge in [0.05, 0.1) is 6.04 Å². The van der Waals surface area contributed by atoms with E-state index in [0.29, 0.717) is 19.4 Å². The molecule has 6 nitrogen and oxygen atoms in total. The molecule has 1 fully saturated rings. The van der Waals surface area contributed by atoms with Crippen LogP contribution in [-0.4, -0.2) is 35.3 Å². The summed E-state index contributed by atoms with van der Waals surface area (Å²) in [4.78, 5) is 26.9. The van der Waals surface area contributed by atoms with Crippen LogP contribution in [0.1, 0.15) is 56.3 Å². The van der Waals surface area contributed by atoms with Gasteiger partial charge in [0.2, 0.25) is 0 Å². The van der Waals surface area contributed by atoms with Crippen LogP contribution in [0.4, 0.5) is 14.0 Å². The number of alkyl carbamates (subject to hydrolysis) is 1. The third-order valence-electron chi connectivity index (χ3n) is 5.35. The number of ether oxygens (including phenoxy) is 2. The van der Waals surface area contributed by atoms with Gasteiger partial charge in [0.25, 0.3) is 0 Å². The molecule has 2 aromatic carbocycles. The highest BCUT2D eigenvalue weighted by Gasteiger charge is 2.35. The molecule has 1 heterocycles. The molecule has 2 unspecified atom stereocenters. The first-order chi connectivity index (χ1) is 15.1. The zero-order valence-electron chi connectivity index (χ0n) is 19.1. The Kier molecular flexibility index (Phi) is 7.38. The second-order valence-electron chi connectivity index (χ2n) is 9.12. The lowest BCUT2D eigenvalue weighted by Crippen LogP contribution is -2.49. The number of aryl methyl sites for hydroxylation is 1. The molecule has 7 heteroatoms. The molecule has 172 valence electrons. The first-order valence-corrected chi connectivity index (χ1v) is 10.9. The summed E-state index contributed by atoms with van der Waals surface area (Å²) < 4.78 is 24.7. The van der Waals surface area contributed by atoms with Crippen LogP contribution >= 0.6 is 0 Å². The summed E-state index contributed by atoms with van der Waals surface area (Å²) >= 11 is 0. The molecule has 2 amide bonds. The predicted octanol–water partition coefficient (Wildman–Crippen LogP) is 5.50. The summed E-state index contributed by atoms with van der Waals surface area (Å²) in [6.07, 6.45) is 0.123. The number of likely N-dealkylation sites (tertiary alicyclic amines) is 1. The zero-order chi connectivity index (χ0) is 23.3. The quantitative estimate of drug-likeness (QED) is 0.679. The maximum absolute atomic E-state index is 13.7. The number of halogens is 1. The molecule has 0 radical (unpaired) electrons. The standard InChI is InChI=1S/C25H31FN2O4/c1-17-14-19(26)10-11-21(17)22-15-20(27-23(29)32-25(2,3)4)12-13-28(22)24(30)31-16-18-8-6-5-7-9-18/h5-11,14,20,22H,12-13,15-16H2,1-4H3,(H,27,29). The highest BCUT2D eigenvalue weighted by molar-refractivity contribution is 5.70. The second kappa shape index (κ2) is 10.0. The fraction of sp³-hybridized carbons (Fsp3) is 0.440. The Balaban J connectivity index is 1.75. The molecule has 0 saturated carbocycles. The van der Waals surface area contributed by atoms with Gasteiger partial charge in [-0.05, 0) is 69.4 Å². The summed E-state index contributed by atoms with van der Waals surface area (Å²) in [5, 5.41) is 2.91. The molecule has 2 aromatic rings. The van der Waals surface area contributed by atoms with Gasteiger partial charge in [-0.2, -0.15) is 0 Å². The SMILES string of the molecule is Cc1cc(F)ccc1C1CC(NC(=O)OC(C)(C)C)CCN1C(=O)OCc1ccccc1. The van der Waals surface area contributed by atoms with Crippen molar-refractivity contribution in [3.8, 4) is 0 Å². The minimum absolute atomic E-state index is 0.172. The lowest BCUT2D eigenvalue weighted by molar-refractivity contribution is 0.0414. The van der Waals surface area contributed by atoms with Gasteiger partial charge in [0.1, 0.15) is 18.0 Å². The first-order valence-electron chi connectivity index (χ1n) is 10.9. The number of carbonyl (C=O) groups excluding carboxylic acids is 2. The van der Waals surface area contributed by atoms with E-state index in [9.17, 15) is 14.0 Å². The highest BCUT2D eigenvalue weighted by atomic mass is 19.1. The van der Waals surface area contributed by atoms with Gasteiger partial charge in [-0.1, -0.05) is 36.4 Å². The number of benzene rings is 2. The molecule has 0 spiro atoms. The van der Waals surface area contributed by atoms with Crippen molar-refractivity contribution in [2.45, 2.75) is 64.8 Å². The van der Waals surface area contributed by atoms with Crippen molar-refractivity contribution >= 4 is 12.2 Å². The topological polar surface area (TPSA) is 67.9 Å². The molecule has 1 saturated heterocycles. The highest BCUT2D eigenvalue weighted by Crippen LogP contribution is 2.34. The minimum Gasteiger partial charge on any atom is -0.445 e. The number of carbonyl (C=O) groups is 2. The van der Waals surface area contributed by atoms with Gasteiger partial charge >= 0.3 is 12.2 Å². The Morgan fingerprint density at radius 1 is 1.16 bits per heavy atom. The number of nitrogens with zero attached hydrogens (tertiary/aromatic N) is 1. The maximum atomic E-state index is 13.7. The molecule has 0 aromatic heterocycles. The minimum atomic E-state index is -0.598. The summed E-state index contributed by atoms with van der Waals surface area (Å²) in [6, 6.07) is 13.5. The predicted molar refractivity (Wildman–Crippen MR) is 120 cm³/mol. The van der Waals surface area contributed by atoms with Crippen LogP contribution in [0.5, 0.6) is 0 Å². The molecular formula is C25H31FN2O4. The Bertz CT molecular complexity index is 943. The number of hydrogen-bond acceptors (Lipinski definition) is 4. The van der Waals surface area contributed by atoms with Gasteiger partial charge in [-0.15, -0.1) is 0 Å². The largest absolute Gasteiger partial charge is 0.445 e. The van der Waals surface area contributed by atoms with E-state index >= 15 is 0 Å². The number of rotatable bonds is 4. The third-order valence-corrected chi connectivity index (χ3v) is 5.35. The first kappa shape index (κ1) is 23.6. The Labute approximate surface area is 188 Å². The van der Waals surface area contributed by atoms with E-state index in [-0.39, 0.29) is 24.5 Å². The summed E-state index contributed by atoms with van der Waals surface area (Å²) in [6.45, 7) is 7.81. The van der Waals surface area contributed by atoms with Crippen LogP contribution < -0.4 is 5.32 Å². The molecule has 2 atom stereocenters. The summed E-state index contributed by atoms with van der Waals surface area (Å²) in [7, 11) is 0. The van der Waals surface area contributed by atoms with Crippen molar-refractivity contribution in [1.29, 1.82) is 0 Å². The summed E-state index contributed by atoms with van der Waals surface area (Å²) in [5.74, 6) is -0.330. The van der Waals surface area contributed by atoms with Crippen molar-refractivity contribution in [3.05, 3.63) is 71.0 Å². The van der Waals surface area contributed by atoms with E-state index < -0.39 is 17.8 Å². The van der Waals surface area contributed by atoms with E-state index in [1.165, 1.54) is 12.1 Å². The maximum Gasteiger partial charge on any atom is 0.410 e. The van der Waals surface area contributed by atoms with Gasteiger partial charge in [0, 0.05) is 12.6 Å². The number of nitrogens with one attached hydrogen (secondary N) is 1. The molecule has 0 bridgehead atoms. The van der Waals surface area contributed by atoms with Crippen LogP contribution in [0.2, 0.25) is 0 Å². The van der Waals surface area contributed by atoms with E-state index in [0.717, 1.165) is 16.7 Å². The van der Waals surface area contributed by atoms with Crippen LogP contribution in [0.3, 0.4) is 0 Å². The van der Waals surface area contributed by atoms with Crippen LogP contribution in [0.25, 0.3) is 0 Å². The normalized spacial score (nSPS) is 18.7. The molecule has 1 aliphatic heterocycles. The Hall–Kier alpha value is -3.09. The van der Waals surface area contributed by atoms with Crippen molar-refractivity contribution in [1.82, 2.24) is 10.2 Å². The fourth-order valence-corrected chi connectivity index (χ4v) is 3.90. The summed E-state index contributed by atoms with van der Waals surface area (Å²) in [5.41, 5.74) is 1.88. The molecule has 1 N–H and O–H groups in total. The van der Waals surface area contributed by atoms with Gasteiger partial charge in [-0.25, -0.2) is 14.0 Å². The van der Waals surface area contributed by atoms with Gasteiger partial charge in [-0.3, -0.25) is 0 Å². The molecule has 3 rings (SSSR count). The number of amides is 2. The van der Waals surface area contributed by atoms with Gasteiger partial charge in [0.15, 0.2) is 0 Å². The smallest absolute Gasteiger partial charge is 0.410 e. The number of hydrogen-bond donors (Lipinski definition) is 1. The van der Waals surface area contributed by atoms with E-state index in [2.05, 4.69) is 5.32 Å². The van der Waals surface area contributed by atoms with E-state index in [1.807, 2.05) is 58.0 Å². The zero-order valence-corrected chi connectivity index (χ0v) is 19.1.